The van der Waals surface area contributed by atoms with E-state index in [1.807, 2.05) is 70.1 Å². The van der Waals surface area contributed by atoms with E-state index in [1.165, 1.54) is 6.08 Å². The fourth-order valence-electron chi connectivity index (χ4n) is 17.9. The molecule has 0 spiro atoms. The van der Waals surface area contributed by atoms with Gasteiger partial charge in [0.1, 0.15) is 40.3 Å². The molecule has 12 heterocycles. The van der Waals surface area contributed by atoms with Crippen LogP contribution >= 0.6 is 0 Å². The average Bonchev–Trinajstić information content (AvgIpc) is 1.37. The summed E-state index contributed by atoms with van der Waals surface area (Å²) in [5.41, 5.74) is 14.1. The molecule has 2 amide bonds. The van der Waals surface area contributed by atoms with Gasteiger partial charge >= 0.3 is 35.1 Å². The number of carbonyl (C=O) groups is 4. The van der Waals surface area contributed by atoms with Crippen LogP contribution in [0.5, 0.6) is 17.2 Å². The summed E-state index contributed by atoms with van der Waals surface area (Å²) in [6.45, 7) is 29.3. The number of amides is 2. The van der Waals surface area contributed by atoms with Crippen molar-refractivity contribution in [3.63, 3.8) is 0 Å². The molecule has 6 fully saturated rings. The second kappa shape index (κ2) is 31.1. The van der Waals surface area contributed by atoms with E-state index in [4.69, 9.17) is 18.9 Å². The SMILES string of the molecule is C=CC(=O)N1CCN2c3nc(=O)n(C4CC4)c4cc(-c5c(C)ccc6[nH]ncc56)cc(c34)OCCC2C1.C=CC(=O)OC(=O)C=C.Cc1ccc2[nH]ncc2c1-c1cc2c3c(nc(=O)n(C4CC4)c3c1)N1CCN(C(=O)OC(C)(C)C)CC1CCO2.Cc1ccc2[nH]ncc2c1-c1cc2c3c(nc(=O)n(C4CC4)c3c1)N1CCNCC1CCO2. The molecule has 6 aliphatic heterocycles. The van der Waals surface area contributed by atoms with Crippen molar-refractivity contribution in [1.29, 1.82) is 0 Å². The van der Waals surface area contributed by atoms with Crippen molar-refractivity contribution < 1.29 is 42.9 Å². The number of nitrogens with one attached hydrogen (secondary N) is 4. The van der Waals surface area contributed by atoms with Crippen LogP contribution in [0, 0.1) is 20.8 Å². The number of rotatable bonds is 9. The Morgan fingerprint density at radius 1 is 0.462 bits per heavy atom. The Balaban J connectivity index is 0.000000117. The molecule has 3 atom stereocenters. The van der Waals surface area contributed by atoms with Crippen LogP contribution in [0.1, 0.15) is 113 Å². The van der Waals surface area contributed by atoms with Gasteiger partial charge in [-0.25, -0.2) is 28.8 Å². The lowest BCUT2D eigenvalue weighted by molar-refractivity contribution is -0.152. The van der Waals surface area contributed by atoms with Crippen molar-refractivity contribution in [2.75, 3.05) is 93.4 Å². The van der Waals surface area contributed by atoms with Crippen LogP contribution < -0.4 is 51.3 Å². The second-order valence-corrected chi connectivity index (χ2v) is 33.0. The standard InChI is InChI=1S/C30H34N6O4.C28H28N6O3.C25H26N6O2.C6H6O3/c1-17-5-8-22-21(15-31-33-22)25(17)18-13-23-26-24(14-18)39-12-9-20-16-34(29(38)40-30(2,3)4)10-11-35(20)27(26)32-28(37)36(23)19-6-7-19;1-3-24(35)32-9-10-33-19(15-32)8-11-37-23-13-17(25-16(2)4-7-21-20(25)14-29-31-21)12-22-26(23)27(33)30-28(36)34(22)18-5-6-18;1-14-2-5-19-18(13-27-29-19)22(14)15-10-20-23-21(11-15)33-9-6-17-12-26-7-8-30(17)24(23)28-25(32)31(20)16-3-4-16;1-3-5(7)9-6(8)4-2/h5,8,13-15,19-20H,6-7,9-12,16H2,1-4H3,(H,31,33);3-4,7,12-14,18-19H,1,5-6,8-11,15H2,2H3,(H,29,31);2,5,10-11,13,16-17,26H,3-4,6-9,12H2,1H3,(H,27,29);3-4H,1-2H2. The zero-order valence-corrected chi connectivity index (χ0v) is 67.5. The van der Waals surface area contributed by atoms with Crippen LogP contribution in [0.2, 0.25) is 0 Å². The molecule has 12 aromatic rings. The fraction of sp³-hybridized carbons (Fsp3) is 0.382. The first kappa shape index (κ1) is 77.3. The first-order valence-corrected chi connectivity index (χ1v) is 41.0. The van der Waals surface area contributed by atoms with Crippen molar-refractivity contribution in [3.8, 4) is 50.6 Å². The quantitative estimate of drug-likeness (QED) is 0.0592. The third-order valence-corrected chi connectivity index (χ3v) is 23.9. The minimum Gasteiger partial charge on any atom is -0.493 e. The van der Waals surface area contributed by atoms with Crippen LogP contribution in [0.3, 0.4) is 0 Å². The predicted molar refractivity (Wildman–Crippen MR) is 455 cm³/mol. The van der Waals surface area contributed by atoms with Gasteiger partial charge in [-0.3, -0.25) is 33.8 Å². The Kier molecular flexibility index (Phi) is 20.2. The molecule has 612 valence electrons. The van der Waals surface area contributed by atoms with Crippen molar-refractivity contribution in [1.82, 2.24) is 74.4 Å². The summed E-state index contributed by atoms with van der Waals surface area (Å²) in [6, 6.07) is 25.9. The van der Waals surface area contributed by atoms with E-state index in [9.17, 15) is 33.6 Å². The number of fused-ring (bicyclic) bond motifs is 9. The lowest BCUT2D eigenvalue weighted by Crippen LogP contribution is -2.57. The average molecular weight is 1610 g/mol. The van der Waals surface area contributed by atoms with E-state index < -0.39 is 17.5 Å². The molecule has 30 heteroatoms. The van der Waals surface area contributed by atoms with Gasteiger partial charge in [-0.15, -0.1) is 0 Å². The maximum absolute atomic E-state index is 13.6. The van der Waals surface area contributed by atoms with Crippen LogP contribution in [0.15, 0.2) is 144 Å². The molecule has 0 bridgehead atoms. The van der Waals surface area contributed by atoms with Gasteiger partial charge in [0.25, 0.3) is 0 Å². The number of aryl methyl sites for hydroxylation is 3. The van der Waals surface area contributed by atoms with E-state index in [0.29, 0.717) is 77.1 Å². The lowest BCUT2D eigenvalue weighted by atomic mass is 9.95. The number of aromatic amines is 3. The minimum atomic E-state index is -0.764. The first-order chi connectivity index (χ1) is 57.6. The monoisotopic (exact) mass is 1610 g/mol. The molecule has 0 radical (unpaired) electrons. The van der Waals surface area contributed by atoms with Gasteiger partial charge in [-0.05, 0) is 191 Å². The van der Waals surface area contributed by atoms with Gasteiger partial charge in [0.15, 0.2) is 0 Å². The number of H-pyrrole nitrogens is 3. The zero-order valence-electron chi connectivity index (χ0n) is 67.5. The topological polar surface area (TPSA) is 333 Å². The molecule has 21 rings (SSSR count). The maximum Gasteiger partial charge on any atom is 0.410 e. The molecular weight excluding hydrogens is 1510 g/mol. The van der Waals surface area contributed by atoms with Gasteiger partial charge in [-0.2, -0.15) is 30.2 Å². The number of esters is 2. The molecule has 119 heavy (non-hydrogen) atoms. The summed E-state index contributed by atoms with van der Waals surface area (Å²) in [5, 5.41) is 31.4. The zero-order chi connectivity index (χ0) is 82.4. The third kappa shape index (κ3) is 14.7. The molecule has 6 aromatic heterocycles. The predicted octanol–water partition coefficient (Wildman–Crippen LogP) is 11.9. The van der Waals surface area contributed by atoms with E-state index in [2.05, 4.69) is 171 Å². The number of hydrogen-bond donors (Lipinski definition) is 4. The van der Waals surface area contributed by atoms with Crippen molar-refractivity contribution in [2.45, 2.75) is 141 Å². The molecule has 3 unspecified atom stereocenters. The van der Waals surface area contributed by atoms with Crippen molar-refractivity contribution in [2.24, 2.45) is 0 Å². The van der Waals surface area contributed by atoms with Crippen molar-refractivity contribution >= 4 is 107 Å². The Bertz CT molecular complexity index is 6340. The largest absolute Gasteiger partial charge is 0.493 e. The highest BCUT2D eigenvalue weighted by Crippen LogP contribution is 2.49. The fourth-order valence-corrected chi connectivity index (χ4v) is 17.9. The number of hydrogen-bond acceptors (Lipinski definition) is 22. The number of carbonyl (C=O) groups excluding carboxylic acids is 4. The van der Waals surface area contributed by atoms with Crippen LogP contribution in [0.4, 0.5) is 22.2 Å². The number of aromatic nitrogens is 12. The van der Waals surface area contributed by atoms with Gasteiger partial charge in [-0.1, -0.05) is 37.9 Å². The first-order valence-electron chi connectivity index (χ1n) is 41.0. The summed E-state index contributed by atoms with van der Waals surface area (Å²) in [4.78, 5) is 110. The molecule has 3 saturated carbocycles. The molecule has 4 N–H and O–H groups in total. The number of ether oxygens (including phenoxy) is 5. The van der Waals surface area contributed by atoms with Crippen molar-refractivity contribution in [3.05, 3.63) is 177 Å². The molecule has 6 aromatic carbocycles. The summed E-state index contributed by atoms with van der Waals surface area (Å²) in [6.07, 6.45) is 16.6. The highest BCUT2D eigenvalue weighted by Gasteiger charge is 2.41. The Morgan fingerprint density at radius 3 is 1.20 bits per heavy atom. The van der Waals surface area contributed by atoms with E-state index in [1.54, 1.807) is 4.90 Å². The van der Waals surface area contributed by atoms with Gasteiger partial charge < -0.3 is 53.5 Å². The summed E-state index contributed by atoms with van der Waals surface area (Å²) in [7, 11) is 0. The van der Waals surface area contributed by atoms with Crippen LogP contribution in [-0.2, 0) is 23.9 Å². The van der Waals surface area contributed by atoms with E-state index >= 15 is 0 Å². The van der Waals surface area contributed by atoms with Crippen LogP contribution in [-0.4, -0.2) is 195 Å². The van der Waals surface area contributed by atoms with Gasteiger partial charge in [0.2, 0.25) is 5.91 Å². The molecular formula is C89H94N18O12. The van der Waals surface area contributed by atoms with E-state index in [-0.39, 0.29) is 65.3 Å². The summed E-state index contributed by atoms with van der Waals surface area (Å²) >= 11 is 0. The maximum atomic E-state index is 13.6. The van der Waals surface area contributed by atoms with E-state index in [0.717, 1.165) is 222 Å². The minimum absolute atomic E-state index is 0.0132. The van der Waals surface area contributed by atoms with Gasteiger partial charge in [0, 0.05) is 131 Å². The Hall–Kier alpha value is -13.0. The molecule has 3 saturated heterocycles. The molecule has 3 aliphatic carbocycles. The number of piperazine rings is 3. The molecule has 30 nitrogen and oxygen atoms in total. The molecule has 9 aliphatic rings. The third-order valence-electron chi connectivity index (χ3n) is 23.9. The number of benzene rings is 6. The lowest BCUT2D eigenvalue weighted by Gasteiger charge is -2.43. The normalized spacial score (nSPS) is 18.7. The number of anilines is 3. The summed E-state index contributed by atoms with van der Waals surface area (Å²) < 4.78 is 34.6. The van der Waals surface area contributed by atoms with Gasteiger partial charge in [0.05, 0.1) is 99.8 Å². The smallest absolute Gasteiger partial charge is 0.410 e. The highest BCUT2D eigenvalue weighted by atomic mass is 16.6. The number of nitrogens with zero attached hydrogens (tertiary/aromatic N) is 14. The summed E-state index contributed by atoms with van der Waals surface area (Å²) in [5.74, 6) is 2.77. The highest BCUT2D eigenvalue weighted by molar-refractivity contribution is 6.07. The Labute approximate surface area is 683 Å². The van der Waals surface area contributed by atoms with Crippen LogP contribution in [0.25, 0.3) is 98.8 Å². The second-order valence-electron chi connectivity index (χ2n) is 33.0. The Morgan fingerprint density at radius 2 is 0.832 bits per heavy atom.